The minimum absolute atomic E-state index is 0.600. The van der Waals surface area contributed by atoms with Gasteiger partial charge in [0.1, 0.15) is 6.04 Å². The van der Waals surface area contributed by atoms with E-state index >= 15 is 0 Å². The molecule has 0 saturated heterocycles. The van der Waals surface area contributed by atoms with Crippen molar-refractivity contribution in [3.05, 3.63) is 54.1 Å². The molecule has 0 aliphatic heterocycles. The van der Waals surface area contributed by atoms with Crippen LogP contribution < -0.4 is 21.4 Å². The summed E-state index contributed by atoms with van der Waals surface area (Å²) in [5, 5.41) is 20.9. The van der Waals surface area contributed by atoms with Gasteiger partial charge < -0.3 is 21.2 Å². The van der Waals surface area contributed by atoms with E-state index in [0.29, 0.717) is 17.8 Å². The first-order valence-electron chi connectivity index (χ1n) is 7.43. The second-order valence-electron chi connectivity index (χ2n) is 5.03. The number of para-hydroxylation sites is 1. The Morgan fingerprint density at radius 1 is 1.29 bits per heavy atom. The van der Waals surface area contributed by atoms with Crippen molar-refractivity contribution in [2.75, 3.05) is 16.8 Å². The number of anilines is 3. The van der Waals surface area contributed by atoms with Gasteiger partial charge in [-0.2, -0.15) is 10.7 Å². The van der Waals surface area contributed by atoms with E-state index in [4.69, 9.17) is 5.73 Å². The molecular weight excluding hydrogens is 306 g/mol. The van der Waals surface area contributed by atoms with E-state index in [2.05, 4.69) is 5.32 Å². The van der Waals surface area contributed by atoms with Crippen LogP contribution in [-0.4, -0.2) is 17.8 Å². The van der Waals surface area contributed by atoms with Gasteiger partial charge in [-0.25, -0.2) is 4.79 Å². The van der Waals surface area contributed by atoms with Crippen LogP contribution in [0.2, 0.25) is 0 Å². The van der Waals surface area contributed by atoms with Crippen LogP contribution in [0.25, 0.3) is 0 Å². The lowest BCUT2D eigenvalue weighted by molar-refractivity contribution is 0.146. The summed E-state index contributed by atoms with van der Waals surface area (Å²) in [5.74, 6) is 0. The molecule has 124 valence electrons. The van der Waals surface area contributed by atoms with Gasteiger partial charge in [0.2, 0.25) is 0 Å². The Morgan fingerprint density at radius 2 is 1.96 bits per heavy atom. The summed E-state index contributed by atoms with van der Waals surface area (Å²) in [6.07, 6.45) is 0. The number of primary amides is 1. The molecule has 24 heavy (non-hydrogen) atoms. The number of amides is 2. The molecule has 0 aliphatic carbocycles. The van der Waals surface area contributed by atoms with Crippen molar-refractivity contribution in [1.82, 2.24) is 5.48 Å². The van der Waals surface area contributed by atoms with Gasteiger partial charge in [0.05, 0.1) is 6.07 Å². The fraction of sp³-hybridized carbons (Fsp3) is 0.176. The molecule has 0 aromatic heterocycles. The number of nitrogens with two attached hydrogens (primary N) is 1. The number of carbonyl (C=O) groups is 1. The second kappa shape index (κ2) is 7.97. The Labute approximate surface area is 140 Å². The van der Waals surface area contributed by atoms with Crippen molar-refractivity contribution < 1.29 is 10.0 Å². The summed E-state index contributed by atoms with van der Waals surface area (Å²) in [7, 11) is 0. The van der Waals surface area contributed by atoms with Gasteiger partial charge in [-0.1, -0.05) is 18.2 Å². The third-order valence-electron chi connectivity index (χ3n) is 3.56. The number of rotatable bonds is 6. The molecule has 0 heterocycles. The van der Waals surface area contributed by atoms with Crippen molar-refractivity contribution in [2.45, 2.75) is 13.0 Å². The summed E-state index contributed by atoms with van der Waals surface area (Å²) in [5.41, 5.74) is 10.1. The third-order valence-corrected chi connectivity index (χ3v) is 3.56. The fourth-order valence-electron chi connectivity index (χ4n) is 2.50. The lowest BCUT2D eigenvalue weighted by Crippen LogP contribution is -2.22. The van der Waals surface area contributed by atoms with E-state index in [-0.39, 0.29) is 0 Å². The molecule has 2 amide bonds. The first-order chi connectivity index (χ1) is 11.6. The quantitative estimate of drug-likeness (QED) is 0.610. The first-order valence-corrected chi connectivity index (χ1v) is 7.43. The minimum atomic E-state index is -0.828. The van der Waals surface area contributed by atoms with Crippen LogP contribution in [0.5, 0.6) is 0 Å². The highest BCUT2D eigenvalue weighted by atomic mass is 16.5. The van der Waals surface area contributed by atoms with Crippen LogP contribution in [0.3, 0.4) is 0 Å². The number of hydrogen-bond donors (Lipinski definition) is 4. The SMILES string of the molecule is CCN(c1ccc(NC(N)=O)cc1)c1ccccc1C(C#N)NO. The number of carbonyl (C=O) groups excluding carboxylic acids is 1. The monoisotopic (exact) mass is 325 g/mol. The Morgan fingerprint density at radius 3 is 2.50 bits per heavy atom. The lowest BCUT2D eigenvalue weighted by atomic mass is 10.0. The molecule has 0 radical (unpaired) electrons. The van der Waals surface area contributed by atoms with Gasteiger partial charge in [-0.05, 0) is 37.3 Å². The molecule has 0 bridgehead atoms. The van der Waals surface area contributed by atoms with Gasteiger partial charge in [-0.15, -0.1) is 0 Å². The Balaban J connectivity index is 2.39. The van der Waals surface area contributed by atoms with Crippen LogP contribution in [0.1, 0.15) is 18.5 Å². The summed E-state index contributed by atoms with van der Waals surface area (Å²) in [4.78, 5) is 12.9. The standard InChI is InChI=1S/C17H19N5O2/c1-2-22(13-9-7-12(8-10-13)20-17(19)23)16-6-4-3-5-14(16)15(11-18)21-24/h3-10,15,21,24H,2H2,1H3,(H3,19,20,23). The number of hydroxylamine groups is 1. The predicted molar refractivity (Wildman–Crippen MR) is 92.0 cm³/mol. The number of nitrogens with zero attached hydrogens (tertiary/aromatic N) is 2. The normalized spacial score (nSPS) is 11.4. The van der Waals surface area contributed by atoms with E-state index in [1.807, 2.05) is 53.7 Å². The van der Waals surface area contributed by atoms with Crippen molar-refractivity contribution >= 4 is 23.1 Å². The van der Waals surface area contributed by atoms with E-state index < -0.39 is 12.1 Å². The van der Waals surface area contributed by atoms with E-state index in [0.717, 1.165) is 11.4 Å². The summed E-state index contributed by atoms with van der Waals surface area (Å²) < 4.78 is 0. The van der Waals surface area contributed by atoms with Crippen molar-refractivity contribution in [2.24, 2.45) is 5.73 Å². The molecule has 7 nitrogen and oxygen atoms in total. The molecule has 0 aliphatic rings. The van der Waals surface area contributed by atoms with Gasteiger partial charge in [0.25, 0.3) is 0 Å². The van der Waals surface area contributed by atoms with Crippen molar-refractivity contribution in [3.63, 3.8) is 0 Å². The predicted octanol–water partition coefficient (Wildman–Crippen LogP) is 2.88. The highest BCUT2D eigenvalue weighted by Crippen LogP contribution is 2.32. The topological polar surface area (TPSA) is 114 Å². The van der Waals surface area contributed by atoms with Gasteiger partial charge in [0.15, 0.2) is 0 Å². The minimum Gasteiger partial charge on any atom is -0.351 e. The van der Waals surface area contributed by atoms with E-state index in [1.165, 1.54) is 0 Å². The zero-order valence-electron chi connectivity index (χ0n) is 13.2. The first kappa shape index (κ1) is 17.3. The second-order valence-corrected chi connectivity index (χ2v) is 5.03. The van der Waals surface area contributed by atoms with Gasteiger partial charge in [-0.3, -0.25) is 0 Å². The van der Waals surface area contributed by atoms with E-state index in [9.17, 15) is 15.3 Å². The van der Waals surface area contributed by atoms with Gasteiger partial charge >= 0.3 is 6.03 Å². The molecule has 0 fully saturated rings. The molecule has 0 spiro atoms. The van der Waals surface area contributed by atoms with Crippen LogP contribution in [-0.2, 0) is 0 Å². The summed E-state index contributed by atoms with van der Waals surface area (Å²) in [6, 6.07) is 15.1. The average molecular weight is 325 g/mol. The number of nitriles is 1. The maximum absolute atomic E-state index is 10.9. The van der Waals surface area contributed by atoms with Crippen LogP contribution >= 0.6 is 0 Å². The molecule has 1 unspecified atom stereocenters. The Bertz CT molecular complexity index is 739. The lowest BCUT2D eigenvalue weighted by Gasteiger charge is -2.27. The summed E-state index contributed by atoms with van der Waals surface area (Å²) >= 11 is 0. The molecular formula is C17H19N5O2. The van der Waals surface area contributed by atoms with Gasteiger partial charge in [0, 0.05) is 29.2 Å². The fourth-order valence-corrected chi connectivity index (χ4v) is 2.50. The maximum Gasteiger partial charge on any atom is 0.316 e. The van der Waals surface area contributed by atoms with Crippen molar-refractivity contribution in [1.29, 1.82) is 5.26 Å². The third kappa shape index (κ3) is 3.81. The number of hydrogen-bond acceptors (Lipinski definition) is 5. The molecule has 7 heteroatoms. The zero-order valence-corrected chi connectivity index (χ0v) is 13.2. The van der Waals surface area contributed by atoms with Crippen molar-refractivity contribution in [3.8, 4) is 6.07 Å². The smallest absolute Gasteiger partial charge is 0.316 e. The zero-order chi connectivity index (χ0) is 17.5. The number of urea groups is 1. The highest BCUT2D eigenvalue weighted by molar-refractivity contribution is 5.88. The van der Waals surface area contributed by atoms with Crippen LogP contribution in [0.4, 0.5) is 21.9 Å². The largest absolute Gasteiger partial charge is 0.351 e. The molecule has 2 aromatic carbocycles. The molecule has 2 rings (SSSR count). The average Bonchev–Trinajstić information content (AvgIpc) is 2.59. The van der Waals surface area contributed by atoms with Crippen LogP contribution in [0, 0.1) is 11.3 Å². The number of benzene rings is 2. The number of nitrogens with one attached hydrogen (secondary N) is 2. The Kier molecular flexibility index (Phi) is 5.73. The molecule has 2 aromatic rings. The van der Waals surface area contributed by atoms with E-state index in [1.54, 1.807) is 18.2 Å². The molecule has 0 saturated carbocycles. The molecule has 5 N–H and O–H groups in total. The Hall–Kier alpha value is -3.08. The maximum atomic E-state index is 10.9. The summed E-state index contributed by atoms with van der Waals surface area (Å²) in [6.45, 7) is 2.64. The van der Waals surface area contributed by atoms with Crippen LogP contribution in [0.15, 0.2) is 48.5 Å². The molecule has 1 atom stereocenters. The highest BCUT2D eigenvalue weighted by Gasteiger charge is 2.18.